The summed E-state index contributed by atoms with van der Waals surface area (Å²) in [5.74, 6) is 0.832. The highest BCUT2D eigenvalue weighted by atomic mass is 35.5. The van der Waals surface area contributed by atoms with Gasteiger partial charge >= 0.3 is 0 Å². The lowest BCUT2D eigenvalue weighted by atomic mass is 9.89. The van der Waals surface area contributed by atoms with Crippen LogP contribution in [-0.4, -0.2) is 46.8 Å². The number of nitrogens with one attached hydrogen (secondary N) is 1. The van der Waals surface area contributed by atoms with Crippen LogP contribution in [0.1, 0.15) is 29.7 Å². The van der Waals surface area contributed by atoms with Crippen LogP contribution in [0.2, 0.25) is 5.02 Å². The minimum atomic E-state index is -1.17. The van der Waals surface area contributed by atoms with Crippen molar-refractivity contribution in [3.05, 3.63) is 64.2 Å². The van der Waals surface area contributed by atoms with E-state index in [0.29, 0.717) is 18.1 Å². The minimum Gasteiger partial charge on any atom is -0.494 e. The third-order valence-electron chi connectivity index (χ3n) is 4.69. The number of β-amino-alcohol motifs (C(OH)–C–C–N with tert-alkyl or cyclic N) is 1. The van der Waals surface area contributed by atoms with E-state index in [1.54, 1.807) is 6.07 Å². The molecule has 2 aromatic rings. The first-order valence-corrected chi connectivity index (χ1v) is 9.15. The summed E-state index contributed by atoms with van der Waals surface area (Å²) in [4.78, 5) is 0. The molecule has 6 heteroatoms. The van der Waals surface area contributed by atoms with Crippen LogP contribution in [-0.2, 0) is 6.42 Å². The summed E-state index contributed by atoms with van der Waals surface area (Å²) >= 11 is 6.36. The molecule has 1 aliphatic rings. The van der Waals surface area contributed by atoms with Crippen molar-refractivity contribution in [3.8, 4) is 5.75 Å². The molecule has 5 nitrogen and oxygen atoms in total. The van der Waals surface area contributed by atoms with Crippen LogP contribution in [0, 0.1) is 0 Å². The number of hydrogen-bond donors (Lipinski definition) is 4. The molecule has 0 spiro atoms. The highest BCUT2D eigenvalue weighted by Gasteiger charge is 2.37. The van der Waals surface area contributed by atoms with Crippen LogP contribution >= 0.6 is 11.6 Å². The Kier molecular flexibility index (Phi) is 6.16. The lowest BCUT2D eigenvalue weighted by Crippen LogP contribution is -2.55. The van der Waals surface area contributed by atoms with E-state index in [9.17, 15) is 15.3 Å². The molecule has 0 aliphatic carbocycles. The second-order valence-corrected chi connectivity index (χ2v) is 6.95. The van der Waals surface area contributed by atoms with E-state index in [2.05, 4.69) is 5.32 Å². The molecule has 0 saturated carbocycles. The lowest BCUT2D eigenvalue weighted by molar-refractivity contribution is -0.0949. The van der Waals surface area contributed by atoms with Gasteiger partial charge in [-0.15, -0.1) is 0 Å². The third-order valence-corrected chi connectivity index (χ3v) is 5.06. The zero-order valence-electron chi connectivity index (χ0n) is 14.6. The Balaban J connectivity index is 1.79. The Bertz CT molecular complexity index is 737. The molecule has 26 heavy (non-hydrogen) atoms. The predicted molar refractivity (Wildman–Crippen MR) is 101 cm³/mol. The van der Waals surface area contributed by atoms with E-state index < -0.39 is 24.4 Å². The van der Waals surface area contributed by atoms with Crippen LogP contribution < -0.4 is 10.1 Å². The molecule has 1 saturated heterocycles. The number of aliphatic hydroxyl groups is 3. The normalized spacial score (nSPS) is 25.9. The molecular formula is C20H24ClNO4. The Morgan fingerprint density at radius 2 is 1.81 bits per heavy atom. The average Bonchev–Trinajstić information content (AvgIpc) is 2.64. The molecule has 0 amide bonds. The highest BCUT2D eigenvalue weighted by Crippen LogP contribution is 2.29. The number of halogens is 1. The summed E-state index contributed by atoms with van der Waals surface area (Å²) in [6, 6.07) is 13.0. The molecule has 3 rings (SSSR count). The van der Waals surface area contributed by atoms with Crippen molar-refractivity contribution in [1.82, 2.24) is 5.32 Å². The van der Waals surface area contributed by atoms with Gasteiger partial charge in [0.05, 0.1) is 18.8 Å². The van der Waals surface area contributed by atoms with Gasteiger partial charge in [0.1, 0.15) is 18.0 Å². The standard InChI is InChI=1S/C20H24ClNO4/c1-2-26-15-6-3-12(4-7-15)9-14-10-13(5-8-16(14)21)18-20(25)19(24)17(23)11-22-18/h3-8,10,17-20,22-25H,2,9,11H2,1H3/t17-,18+,19+,20+/m1/s1. The highest BCUT2D eigenvalue weighted by molar-refractivity contribution is 6.31. The molecule has 1 fully saturated rings. The van der Waals surface area contributed by atoms with Crippen LogP contribution in [0.15, 0.2) is 42.5 Å². The molecule has 4 N–H and O–H groups in total. The molecule has 0 aromatic heterocycles. The van der Waals surface area contributed by atoms with Crippen LogP contribution in [0.4, 0.5) is 0 Å². The maximum absolute atomic E-state index is 10.3. The first-order valence-electron chi connectivity index (χ1n) is 8.77. The van der Waals surface area contributed by atoms with Crippen LogP contribution in [0.25, 0.3) is 0 Å². The van der Waals surface area contributed by atoms with E-state index in [1.165, 1.54) is 0 Å². The van der Waals surface area contributed by atoms with E-state index >= 15 is 0 Å². The number of aliphatic hydroxyl groups excluding tert-OH is 3. The molecule has 2 aromatic carbocycles. The first-order chi connectivity index (χ1) is 12.5. The van der Waals surface area contributed by atoms with Crippen molar-refractivity contribution in [2.24, 2.45) is 0 Å². The van der Waals surface area contributed by atoms with Gasteiger partial charge in [0.15, 0.2) is 0 Å². The van der Waals surface area contributed by atoms with Gasteiger partial charge in [0, 0.05) is 11.6 Å². The SMILES string of the molecule is CCOc1ccc(Cc2cc([C@@H]3NC[C@@H](O)[C@H](O)[C@H]3O)ccc2Cl)cc1. The molecular weight excluding hydrogens is 354 g/mol. The van der Waals surface area contributed by atoms with Gasteiger partial charge in [-0.1, -0.05) is 35.9 Å². The maximum Gasteiger partial charge on any atom is 0.119 e. The quantitative estimate of drug-likeness (QED) is 0.641. The summed E-state index contributed by atoms with van der Waals surface area (Å²) in [5, 5.41) is 33.6. The summed E-state index contributed by atoms with van der Waals surface area (Å²) in [6.45, 7) is 2.80. The van der Waals surface area contributed by atoms with Gasteiger partial charge < -0.3 is 25.4 Å². The summed E-state index contributed by atoms with van der Waals surface area (Å²) in [7, 11) is 0. The predicted octanol–water partition coefficient (Wildman–Crippen LogP) is 2.06. The minimum absolute atomic E-state index is 0.222. The first kappa shape index (κ1) is 19.1. The number of ether oxygens (including phenoxy) is 1. The topological polar surface area (TPSA) is 82.0 Å². The fourth-order valence-electron chi connectivity index (χ4n) is 3.24. The Hall–Kier alpha value is -1.63. The number of hydrogen-bond acceptors (Lipinski definition) is 5. The fourth-order valence-corrected chi connectivity index (χ4v) is 3.43. The summed E-state index contributed by atoms with van der Waals surface area (Å²) < 4.78 is 5.46. The maximum atomic E-state index is 10.3. The molecule has 1 heterocycles. The zero-order chi connectivity index (χ0) is 18.7. The molecule has 4 atom stereocenters. The number of benzene rings is 2. The summed E-state index contributed by atoms with van der Waals surface area (Å²) in [6.07, 6.45) is -2.59. The Labute approximate surface area is 158 Å². The van der Waals surface area contributed by atoms with Gasteiger partial charge in [0.25, 0.3) is 0 Å². The fraction of sp³-hybridized carbons (Fsp3) is 0.400. The second-order valence-electron chi connectivity index (χ2n) is 6.54. The number of piperidine rings is 1. The van der Waals surface area contributed by atoms with E-state index in [0.717, 1.165) is 22.4 Å². The van der Waals surface area contributed by atoms with E-state index in [4.69, 9.17) is 16.3 Å². The Morgan fingerprint density at radius 1 is 1.08 bits per heavy atom. The monoisotopic (exact) mass is 377 g/mol. The number of rotatable bonds is 5. The second kappa shape index (κ2) is 8.37. The van der Waals surface area contributed by atoms with Gasteiger partial charge in [0.2, 0.25) is 0 Å². The van der Waals surface area contributed by atoms with E-state index in [1.807, 2.05) is 43.3 Å². The lowest BCUT2D eigenvalue weighted by Gasteiger charge is -2.36. The van der Waals surface area contributed by atoms with Crippen molar-refractivity contribution in [2.45, 2.75) is 37.7 Å². The smallest absolute Gasteiger partial charge is 0.119 e. The van der Waals surface area contributed by atoms with Gasteiger partial charge in [-0.25, -0.2) is 0 Å². The van der Waals surface area contributed by atoms with Gasteiger partial charge in [-0.3, -0.25) is 0 Å². The van der Waals surface area contributed by atoms with Crippen molar-refractivity contribution in [2.75, 3.05) is 13.2 Å². The van der Waals surface area contributed by atoms with Crippen molar-refractivity contribution >= 4 is 11.6 Å². The average molecular weight is 378 g/mol. The van der Waals surface area contributed by atoms with Crippen molar-refractivity contribution < 1.29 is 20.1 Å². The van der Waals surface area contributed by atoms with Gasteiger partial charge in [-0.05, 0) is 48.2 Å². The Morgan fingerprint density at radius 3 is 2.50 bits per heavy atom. The molecule has 0 unspecified atom stereocenters. The molecule has 0 radical (unpaired) electrons. The third kappa shape index (κ3) is 4.19. The molecule has 1 aliphatic heterocycles. The van der Waals surface area contributed by atoms with Crippen LogP contribution in [0.5, 0.6) is 5.75 Å². The summed E-state index contributed by atoms with van der Waals surface area (Å²) in [5.41, 5.74) is 2.86. The largest absolute Gasteiger partial charge is 0.494 e. The molecule has 0 bridgehead atoms. The van der Waals surface area contributed by atoms with E-state index in [-0.39, 0.29) is 6.54 Å². The van der Waals surface area contributed by atoms with Crippen molar-refractivity contribution in [3.63, 3.8) is 0 Å². The zero-order valence-corrected chi connectivity index (χ0v) is 15.4. The van der Waals surface area contributed by atoms with Gasteiger partial charge in [-0.2, -0.15) is 0 Å². The van der Waals surface area contributed by atoms with Crippen LogP contribution in [0.3, 0.4) is 0 Å². The molecule has 140 valence electrons. The van der Waals surface area contributed by atoms with Crippen molar-refractivity contribution in [1.29, 1.82) is 0 Å².